The van der Waals surface area contributed by atoms with Gasteiger partial charge in [0.1, 0.15) is 12.4 Å². The summed E-state index contributed by atoms with van der Waals surface area (Å²) in [5, 5.41) is 2.91. The van der Waals surface area contributed by atoms with Crippen LogP contribution in [0.15, 0.2) is 22.8 Å². The van der Waals surface area contributed by atoms with Gasteiger partial charge in [-0.2, -0.15) is 0 Å². The van der Waals surface area contributed by atoms with E-state index in [4.69, 9.17) is 14.9 Å². The van der Waals surface area contributed by atoms with Crippen LogP contribution in [0.1, 0.15) is 32.4 Å². The van der Waals surface area contributed by atoms with Gasteiger partial charge in [0, 0.05) is 19.7 Å². The smallest absolute Gasteiger partial charge is 0.224 e. The first-order chi connectivity index (χ1) is 9.63. The molecule has 0 aliphatic heterocycles. The van der Waals surface area contributed by atoms with Crippen molar-refractivity contribution < 1.29 is 13.9 Å². The van der Waals surface area contributed by atoms with E-state index >= 15 is 0 Å². The summed E-state index contributed by atoms with van der Waals surface area (Å²) in [7, 11) is 0. The molecular weight excluding hydrogens is 256 g/mol. The lowest BCUT2D eigenvalue weighted by atomic mass is 9.96. The van der Waals surface area contributed by atoms with Crippen LogP contribution in [-0.2, 0) is 16.1 Å². The first-order valence-electron chi connectivity index (χ1n) is 7.21. The van der Waals surface area contributed by atoms with Gasteiger partial charge in [0.2, 0.25) is 5.91 Å². The van der Waals surface area contributed by atoms with Crippen molar-refractivity contribution in [3.8, 4) is 0 Å². The second kappa shape index (κ2) is 9.55. The molecule has 0 saturated heterocycles. The SMILES string of the molecule is CC(C)CC(CN)C(=O)NCCCOCc1ccco1. The summed E-state index contributed by atoms with van der Waals surface area (Å²) in [4.78, 5) is 11.9. The van der Waals surface area contributed by atoms with Crippen LogP contribution in [0, 0.1) is 11.8 Å². The lowest BCUT2D eigenvalue weighted by Crippen LogP contribution is -2.36. The van der Waals surface area contributed by atoms with E-state index in [-0.39, 0.29) is 11.8 Å². The molecule has 5 nitrogen and oxygen atoms in total. The van der Waals surface area contributed by atoms with Crippen LogP contribution in [0.4, 0.5) is 0 Å². The molecule has 114 valence electrons. The quantitative estimate of drug-likeness (QED) is 0.643. The fraction of sp³-hybridized carbons (Fsp3) is 0.667. The van der Waals surface area contributed by atoms with Crippen molar-refractivity contribution in [3.63, 3.8) is 0 Å². The minimum absolute atomic E-state index is 0.0484. The largest absolute Gasteiger partial charge is 0.467 e. The zero-order valence-electron chi connectivity index (χ0n) is 12.4. The van der Waals surface area contributed by atoms with Crippen molar-refractivity contribution >= 4 is 5.91 Å². The van der Waals surface area contributed by atoms with Gasteiger partial charge in [0.05, 0.1) is 12.2 Å². The van der Waals surface area contributed by atoms with Crippen LogP contribution in [0.3, 0.4) is 0 Å². The lowest BCUT2D eigenvalue weighted by Gasteiger charge is -2.16. The maximum atomic E-state index is 11.9. The van der Waals surface area contributed by atoms with E-state index in [1.54, 1.807) is 6.26 Å². The van der Waals surface area contributed by atoms with Crippen LogP contribution in [0.2, 0.25) is 0 Å². The summed E-state index contributed by atoms with van der Waals surface area (Å²) in [6.07, 6.45) is 3.24. The molecule has 1 atom stereocenters. The van der Waals surface area contributed by atoms with Gasteiger partial charge in [-0.1, -0.05) is 13.8 Å². The van der Waals surface area contributed by atoms with E-state index in [0.717, 1.165) is 18.6 Å². The molecule has 0 saturated carbocycles. The van der Waals surface area contributed by atoms with Gasteiger partial charge in [0.15, 0.2) is 0 Å². The van der Waals surface area contributed by atoms with Gasteiger partial charge in [-0.3, -0.25) is 4.79 Å². The molecule has 3 N–H and O–H groups in total. The number of amides is 1. The summed E-state index contributed by atoms with van der Waals surface area (Å²) in [6.45, 7) is 6.28. The average Bonchev–Trinajstić information content (AvgIpc) is 2.92. The number of nitrogens with one attached hydrogen (secondary N) is 1. The molecule has 1 amide bonds. The Hall–Kier alpha value is -1.33. The van der Waals surface area contributed by atoms with Gasteiger partial charge in [-0.15, -0.1) is 0 Å². The second-order valence-corrected chi connectivity index (χ2v) is 5.34. The third kappa shape index (κ3) is 6.73. The number of hydrogen-bond acceptors (Lipinski definition) is 4. The Balaban J connectivity index is 2.06. The maximum absolute atomic E-state index is 11.9. The summed E-state index contributed by atoms with van der Waals surface area (Å²) >= 11 is 0. The van der Waals surface area contributed by atoms with Crippen molar-refractivity contribution in [1.29, 1.82) is 0 Å². The Morgan fingerprint density at radius 1 is 1.50 bits per heavy atom. The number of furan rings is 1. The van der Waals surface area contributed by atoms with Gasteiger partial charge < -0.3 is 20.2 Å². The highest BCUT2D eigenvalue weighted by Crippen LogP contribution is 2.10. The number of carbonyl (C=O) groups excluding carboxylic acids is 1. The predicted molar refractivity (Wildman–Crippen MR) is 78.0 cm³/mol. The van der Waals surface area contributed by atoms with Crippen molar-refractivity contribution in [3.05, 3.63) is 24.2 Å². The topological polar surface area (TPSA) is 77.5 Å². The van der Waals surface area contributed by atoms with Crippen LogP contribution < -0.4 is 11.1 Å². The zero-order valence-corrected chi connectivity index (χ0v) is 12.4. The Kier molecular flexibility index (Phi) is 7.99. The number of rotatable bonds is 10. The molecule has 0 bridgehead atoms. The van der Waals surface area contributed by atoms with Crippen LogP contribution >= 0.6 is 0 Å². The molecule has 0 aromatic carbocycles. The van der Waals surface area contributed by atoms with Crippen molar-refractivity contribution in [2.45, 2.75) is 33.3 Å². The summed E-state index contributed by atoms with van der Waals surface area (Å²) in [5.41, 5.74) is 5.63. The fourth-order valence-electron chi connectivity index (χ4n) is 1.98. The van der Waals surface area contributed by atoms with Crippen LogP contribution in [0.5, 0.6) is 0 Å². The summed E-state index contributed by atoms with van der Waals surface area (Å²) in [6, 6.07) is 3.71. The maximum Gasteiger partial charge on any atom is 0.224 e. The molecule has 1 aromatic rings. The van der Waals surface area contributed by atoms with Crippen LogP contribution in [0.25, 0.3) is 0 Å². The molecule has 0 fully saturated rings. The highest BCUT2D eigenvalue weighted by atomic mass is 16.5. The highest BCUT2D eigenvalue weighted by molar-refractivity contribution is 5.78. The third-order valence-corrected chi connectivity index (χ3v) is 3.00. The molecule has 0 aliphatic rings. The highest BCUT2D eigenvalue weighted by Gasteiger charge is 2.17. The molecule has 1 heterocycles. The van der Waals surface area contributed by atoms with Crippen molar-refractivity contribution in [2.75, 3.05) is 19.7 Å². The molecule has 20 heavy (non-hydrogen) atoms. The lowest BCUT2D eigenvalue weighted by molar-refractivity contribution is -0.125. The molecular formula is C15H26N2O3. The molecule has 1 rings (SSSR count). The van der Waals surface area contributed by atoms with E-state index in [1.807, 2.05) is 12.1 Å². The zero-order chi connectivity index (χ0) is 14.8. The number of carbonyl (C=O) groups is 1. The van der Waals surface area contributed by atoms with Gasteiger partial charge >= 0.3 is 0 Å². The summed E-state index contributed by atoms with van der Waals surface area (Å²) in [5.74, 6) is 1.26. The van der Waals surface area contributed by atoms with Gasteiger partial charge in [0.25, 0.3) is 0 Å². The van der Waals surface area contributed by atoms with E-state index < -0.39 is 0 Å². The van der Waals surface area contributed by atoms with Crippen molar-refractivity contribution in [2.24, 2.45) is 17.6 Å². The van der Waals surface area contributed by atoms with E-state index in [1.165, 1.54) is 0 Å². The predicted octanol–water partition coefficient (Wildman–Crippen LogP) is 1.92. The average molecular weight is 282 g/mol. The normalized spacial score (nSPS) is 12.6. The first-order valence-corrected chi connectivity index (χ1v) is 7.21. The van der Waals surface area contributed by atoms with Gasteiger partial charge in [-0.25, -0.2) is 0 Å². The molecule has 1 aromatic heterocycles. The fourth-order valence-corrected chi connectivity index (χ4v) is 1.98. The molecule has 1 unspecified atom stereocenters. The number of nitrogens with two attached hydrogens (primary N) is 1. The Morgan fingerprint density at radius 2 is 2.30 bits per heavy atom. The first kappa shape index (κ1) is 16.7. The number of ether oxygens (including phenoxy) is 1. The van der Waals surface area contributed by atoms with Crippen molar-refractivity contribution in [1.82, 2.24) is 5.32 Å². The second-order valence-electron chi connectivity index (χ2n) is 5.34. The molecule has 0 aliphatic carbocycles. The number of hydrogen-bond donors (Lipinski definition) is 2. The monoisotopic (exact) mass is 282 g/mol. The van der Waals surface area contributed by atoms with E-state index in [0.29, 0.717) is 32.2 Å². The van der Waals surface area contributed by atoms with Gasteiger partial charge in [-0.05, 0) is 30.9 Å². The Morgan fingerprint density at radius 3 is 2.90 bits per heavy atom. The third-order valence-electron chi connectivity index (χ3n) is 3.00. The summed E-state index contributed by atoms with van der Waals surface area (Å²) < 4.78 is 10.6. The minimum Gasteiger partial charge on any atom is -0.467 e. The standard InChI is InChI=1S/C15H26N2O3/c1-12(2)9-13(10-16)15(18)17-6-4-7-19-11-14-5-3-8-20-14/h3,5,8,12-13H,4,6-7,9-11,16H2,1-2H3,(H,17,18). The Bertz CT molecular complexity index is 363. The van der Waals surface area contributed by atoms with E-state index in [2.05, 4.69) is 19.2 Å². The Labute approximate surface area is 120 Å². The molecule has 0 spiro atoms. The molecule has 0 radical (unpaired) electrons. The molecule has 5 heteroatoms. The van der Waals surface area contributed by atoms with Crippen LogP contribution in [-0.4, -0.2) is 25.6 Å². The van der Waals surface area contributed by atoms with E-state index in [9.17, 15) is 4.79 Å². The minimum atomic E-state index is -0.0842.